The van der Waals surface area contributed by atoms with Crippen LogP contribution in [0.15, 0.2) is 29.3 Å². The van der Waals surface area contributed by atoms with Crippen molar-refractivity contribution in [2.75, 3.05) is 40.3 Å². The van der Waals surface area contributed by atoms with Gasteiger partial charge in [-0.2, -0.15) is 0 Å². The first kappa shape index (κ1) is 19.2. The number of aliphatic imine (C=N–C) groups is 1. The van der Waals surface area contributed by atoms with E-state index in [1.807, 2.05) is 13.8 Å². The molecule has 1 atom stereocenters. The van der Waals surface area contributed by atoms with Crippen molar-refractivity contribution in [2.45, 2.75) is 26.4 Å². The Labute approximate surface area is 138 Å². The molecule has 0 saturated carbocycles. The van der Waals surface area contributed by atoms with E-state index in [-0.39, 0.29) is 17.7 Å². The third-order valence-corrected chi connectivity index (χ3v) is 3.09. The number of benzene rings is 1. The average molecular weight is 324 g/mol. The summed E-state index contributed by atoms with van der Waals surface area (Å²) >= 11 is 0. The molecule has 1 rings (SSSR count). The number of nitrogens with one attached hydrogen (secondary N) is 2. The predicted octanol–water partition coefficient (Wildman–Crippen LogP) is 2.10. The van der Waals surface area contributed by atoms with E-state index < -0.39 is 0 Å². The lowest BCUT2D eigenvalue weighted by molar-refractivity contribution is 0.220. The third-order valence-electron chi connectivity index (χ3n) is 3.09. The number of guanidine groups is 1. The van der Waals surface area contributed by atoms with Crippen LogP contribution >= 0.6 is 0 Å². The molecular weight excluding hydrogens is 295 g/mol. The average Bonchev–Trinajstić information content (AvgIpc) is 2.51. The number of halogens is 1. The second kappa shape index (κ2) is 10.8. The minimum atomic E-state index is -0.350. The standard InChI is InChI=1S/C17H29FN4O/c1-5-19-17(20-11-8-12-22(3)4)21-13-14(2)23-16-10-7-6-9-15(16)18/h6-7,9-10,14H,5,8,11-13H2,1-4H3,(H2,19,20,21). The van der Waals surface area contributed by atoms with E-state index in [1.54, 1.807) is 18.2 Å². The fraction of sp³-hybridized carbons (Fsp3) is 0.588. The fourth-order valence-electron chi connectivity index (χ4n) is 1.96. The highest BCUT2D eigenvalue weighted by Gasteiger charge is 2.08. The zero-order chi connectivity index (χ0) is 17.1. The normalized spacial score (nSPS) is 13.0. The molecule has 0 aliphatic rings. The van der Waals surface area contributed by atoms with Crippen LogP contribution in [0.1, 0.15) is 20.3 Å². The predicted molar refractivity (Wildman–Crippen MR) is 93.6 cm³/mol. The smallest absolute Gasteiger partial charge is 0.191 e. The van der Waals surface area contributed by atoms with E-state index in [2.05, 4.69) is 34.6 Å². The summed E-state index contributed by atoms with van der Waals surface area (Å²) < 4.78 is 19.1. The maximum absolute atomic E-state index is 13.6. The van der Waals surface area contributed by atoms with Gasteiger partial charge in [0.1, 0.15) is 6.10 Å². The summed E-state index contributed by atoms with van der Waals surface area (Å²) in [6.45, 7) is 7.03. The molecule has 0 heterocycles. The molecular formula is C17H29FN4O. The van der Waals surface area contributed by atoms with Gasteiger partial charge in [-0.05, 0) is 53.0 Å². The Morgan fingerprint density at radius 2 is 2.04 bits per heavy atom. The monoisotopic (exact) mass is 324 g/mol. The lowest BCUT2D eigenvalue weighted by Crippen LogP contribution is -2.39. The van der Waals surface area contributed by atoms with Crippen LogP contribution < -0.4 is 15.4 Å². The maximum atomic E-state index is 13.6. The van der Waals surface area contributed by atoms with Gasteiger partial charge in [0, 0.05) is 13.1 Å². The first-order valence-corrected chi connectivity index (χ1v) is 8.11. The van der Waals surface area contributed by atoms with Gasteiger partial charge < -0.3 is 20.3 Å². The highest BCUT2D eigenvalue weighted by Crippen LogP contribution is 2.16. The van der Waals surface area contributed by atoms with Crippen molar-refractivity contribution in [1.29, 1.82) is 0 Å². The molecule has 2 N–H and O–H groups in total. The van der Waals surface area contributed by atoms with Crippen LogP contribution in [0.25, 0.3) is 0 Å². The van der Waals surface area contributed by atoms with Gasteiger partial charge >= 0.3 is 0 Å². The summed E-state index contributed by atoms with van der Waals surface area (Å²) in [7, 11) is 4.11. The first-order chi connectivity index (χ1) is 11.0. The minimum absolute atomic E-state index is 0.205. The minimum Gasteiger partial charge on any atom is -0.486 e. The summed E-state index contributed by atoms with van der Waals surface area (Å²) in [5.41, 5.74) is 0. The van der Waals surface area contributed by atoms with E-state index in [9.17, 15) is 4.39 Å². The van der Waals surface area contributed by atoms with Gasteiger partial charge in [-0.3, -0.25) is 0 Å². The number of ether oxygens (including phenoxy) is 1. The van der Waals surface area contributed by atoms with E-state index in [0.717, 1.165) is 32.0 Å². The van der Waals surface area contributed by atoms with Crippen LogP contribution in [0, 0.1) is 5.82 Å². The SMILES string of the molecule is CCNC(=NCC(C)Oc1ccccc1F)NCCCN(C)C. The summed E-state index contributed by atoms with van der Waals surface area (Å²) in [6, 6.07) is 6.42. The molecule has 1 aromatic carbocycles. The Morgan fingerprint density at radius 3 is 2.70 bits per heavy atom. The lowest BCUT2D eigenvalue weighted by atomic mass is 10.3. The molecule has 1 unspecified atom stereocenters. The Morgan fingerprint density at radius 1 is 1.30 bits per heavy atom. The Kier molecular flexibility index (Phi) is 9.05. The second-order valence-electron chi connectivity index (χ2n) is 5.66. The van der Waals surface area contributed by atoms with Gasteiger partial charge in [-0.15, -0.1) is 0 Å². The van der Waals surface area contributed by atoms with Crippen LogP contribution in [0.3, 0.4) is 0 Å². The molecule has 5 nitrogen and oxygen atoms in total. The van der Waals surface area contributed by atoms with Crippen LogP contribution in [-0.4, -0.2) is 57.2 Å². The second-order valence-corrected chi connectivity index (χ2v) is 5.66. The molecule has 1 aromatic rings. The van der Waals surface area contributed by atoms with Crippen LogP contribution in [-0.2, 0) is 0 Å². The lowest BCUT2D eigenvalue weighted by Gasteiger charge is -2.16. The quantitative estimate of drug-likeness (QED) is 0.415. The van der Waals surface area contributed by atoms with Crippen molar-refractivity contribution in [3.8, 4) is 5.75 Å². The van der Waals surface area contributed by atoms with E-state index in [1.165, 1.54) is 6.07 Å². The van der Waals surface area contributed by atoms with Gasteiger partial charge in [0.2, 0.25) is 0 Å². The third kappa shape index (κ3) is 8.40. The largest absolute Gasteiger partial charge is 0.486 e. The van der Waals surface area contributed by atoms with E-state index >= 15 is 0 Å². The van der Waals surface area contributed by atoms with Crippen molar-refractivity contribution >= 4 is 5.96 Å². The molecule has 6 heteroatoms. The topological polar surface area (TPSA) is 48.9 Å². The Balaban J connectivity index is 2.44. The maximum Gasteiger partial charge on any atom is 0.191 e. The zero-order valence-corrected chi connectivity index (χ0v) is 14.6. The van der Waals surface area contributed by atoms with Crippen molar-refractivity contribution in [2.24, 2.45) is 4.99 Å². The van der Waals surface area contributed by atoms with Gasteiger partial charge in [0.25, 0.3) is 0 Å². The summed E-state index contributed by atoms with van der Waals surface area (Å²) in [6.07, 6.45) is 0.836. The van der Waals surface area contributed by atoms with Crippen LogP contribution in [0.4, 0.5) is 4.39 Å². The molecule has 0 radical (unpaired) electrons. The number of hydrogen-bond acceptors (Lipinski definition) is 3. The molecule has 0 fully saturated rings. The van der Waals surface area contributed by atoms with Gasteiger partial charge in [-0.25, -0.2) is 9.38 Å². The molecule has 0 aliphatic heterocycles. The zero-order valence-electron chi connectivity index (χ0n) is 14.6. The van der Waals surface area contributed by atoms with Crippen LogP contribution in [0.2, 0.25) is 0 Å². The van der Waals surface area contributed by atoms with Gasteiger partial charge in [0.05, 0.1) is 6.54 Å². The fourth-order valence-corrected chi connectivity index (χ4v) is 1.96. The Hall–Kier alpha value is -1.82. The molecule has 0 aliphatic carbocycles. The van der Waals surface area contributed by atoms with Crippen molar-refractivity contribution < 1.29 is 9.13 Å². The van der Waals surface area contributed by atoms with E-state index in [4.69, 9.17) is 4.74 Å². The summed E-state index contributed by atoms with van der Waals surface area (Å²) in [5, 5.41) is 6.49. The molecule has 0 spiro atoms. The molecule has 0 bridgehead atoms. The molecule has 0 saturated heterocycles. The molecule has 23 heavy (non-hydrogen) atoms. The summed E-state index contributed by atoms with van der Waals surface area (Å²) in [4.78, 5) is 6.64. The van der Waals surface area contributed by atoms with Gasteiger partial charge in [0.15, 0.2) is 17.5 Å². The number of rotatable bonds is 9. The van der Waals surface area contributed by atoms with Crippen molar-refractivity contribution in [1.82, 2.24) is 15.5 Å². The van der Waals surface area contributed by atoms with Crippen LogP contribution in [0.5, 0.6) is 5.75 Å². The highest BCUT2D eigenvalue weighted by molar-refractivity contribution is 5.79. The van der Waals surface area contributed by atoms with Crippen molar-refractivity contribution in [3.63, 3.8) is 0 Å². The summed E-state index contributed by atoms with van der Waals surface area (Å²) in [5.74, 6) is 0.673. The number of para-hydroxylation sites is 1. The number of hydrogen-bond donors (Lipinski definition) is 2. The molecule has 130 valence electrons. The highest BCUT2D eigenvalue weighted by atomic mass is 19.1. The molecule has 0 amide bonds. The van der Waals surface area contributed by atoms with Gasteiger partial charge in [-0.1, -0.05) is 12.1 Å². The first-order valence-electron chi connectivity index (χ1n) is 8.11. The van der Waals surface area contributed by atoms with E-state index in [0.29, 0.717) is 6.54 Å². The number of nitrogens with zero attached hydrogens (tertiary/aromatic N) is 2. The molecule has 0 aromatic heterocycles. The Bertz CT molecular complexity index is 479. The van der Waals surface area contributed by atoms with Crippen molar-refractivity contribution in [3.05, 3.63) is 30.1 Å².